The molecule has 18 heavy (non-hydrogen) atoms. The lowest BCUT2D eigenvalue weighted by Gasteiger charge is -2.35. The van der Waals surface area contributed by atoms with Gasteiger partial charge in [-0.2, -0.15) is 4.98 Å². The summed E-state index contributed by atoms with van der Waals surface area (Å²) in [6.45, 7) is 2.09. The van der Waals surface area contributed by atoms with Crippen molar-refractivity contribution in [3.05, 3.63) is 23.4 Å². The molecule has 0 saturated heterocycles. The van der Waals surface area contributed by atoms with Crippen LogP contribution in [0.15, 0.2) is 22.0 Å². The van der Waals surface area contributed by atoms with Crippen LogP contribution >= 0.6 is 11.3 Å². The minimum absolute atomic E-state index is 0.187. The Kier molecular flexibility index (Phi) is 2.95. The van der Waals surface area contributed by atoms with Gasteiger partial charge in [-0.15, -0.1) is 11.3 Å². The van der Waals surface area contributed by atoms with Crippen LogP contribution in [0.25, 0.3) is 10.7 Å². The van der Waals surface area contributed by atoms with Crippen molar-refractivity contribution in [2.24, 2.45) is 5.73 Å². The summed E-state index contributed by atoms with van der Waals surface area (Å²) < 4.78 is 5.43. The lowest BCUT2D eigenvalue weighted by Crippen LogP contribution is -2.44. The van der Waals surface area contributed by atoms with E-state index >= 15 is 0 Å². The van der Waals surface area contributed by atoms with E-state index in [2.05, 4.69) is 17.1 Å². The molecule has 1 fully saturated rings. The monoisotopic (exact) mass is 263 g/mol. The van der Waals surface area contributed by atoms with Crippen molar-refractivity contribution in [2.75, 3.05) is 0 Å². The Morgan fingerprint density at radius 2 is 2.39 bits per heavy atom. The summed E-state index contributed by atoms with van der Waals surface area (Å²) in [4.78, 5) is 5.57. The van der Waals surface area contributed by atoms with Gasteiger partial charge in [-0.05, 0) is 31.2 Å². The average molecular weight is 263 g/mol. The summed E-state index contributed by atoms with van der Waals surface area (Å²) in [5.41, 5.74) is 6.13. The van der Waals surface area contributed by atoms with Crippen molar-refractivity contribution in [3.63, 3.8) is 0 Å². The quantitative estimate of drug-likeness (QED) is 0.903. The fourth-order valence-corrected chi connectivity index (χ4v) is 3.30. The molecular weight excluding hydrogens is 246 g/mol. The van der Waals surface area contributed by atoms with Crippen LogP contribution in [-0.2, 0) is 0 Å². The molecule has 1 aliphatic rings. The first kappa shape index (κ1) is 11.9. The number of hydrogen-bond acceptors (Lipinski definition) is 5. The topological polar surface area (TPSA) is 64.9 Å². The van der Waals surface area contributed by atoms with Crippen LogP contribution in [-0.4, -0.2) is 15.7 Å². The highest BCUT2D eigenvalue weighted by molar-refractivity contribution is 7.13. The fraction of sp³-hybridized carbons (Fsp3) is 0.538. The highest BCUT2D eigenvalue weighted by atomic mass is 32.1. The smallest absolute Gasteiger partial charge is 0.231 e. The van der Waals surface area contributed by atoms with E-state index in [9.17, 15) is 0 Å². The van der Waals surface area contributed by atoms with Crippen molar-refractivity contribution in [2.45, 2.75) is 44.1 Å². The molecule has 2 aromatic rings. The molecule has 0 aliphatic heterocycles. The summed E-state index contributed by atoms with van der Waals surface area (Å²) in [6, 6.07) is 3.99. The molecule has 1 aliphatic carbocycles. The van der Waals surface area contributed by atoms with Gasteiger partial charge in [0.25, 0.3) is 0 Å². The maximum absolute atomic E-state index is 6.36. The Morgan fingerprint density at radius 3 is 3.11 bits per heavy atom. The van der Waals surface area contributed by atoms with Crippen molar-refractivity contribution in [1.29, 1.82) is 0 Å². The molecule has 0 amide bonds. The molecule has 0 bridgehead atoms. The minimum Gasteiger partial charge on any atom is -0.339 e. The van der Waals surface area contributed by atoms with Crippen LogP contribution in [0, 0.1) is 0 Å². The number of nitrogens with two attached hydrogens (primary N) is 1. The molecule has 0 radical (unpaired) electrons. The van der Waals surface area contributed by atoms with E-state index in [0.717, 1.165) is 17.7 Å². The van der Waals surface area contributed by atoms with Crippen LogP contribution in [0.4, 0.5) is 0 Å². The van der Waals surface area contributed by atoms with E-state index < -0.39 is 0 Å². The number of rotatable bonds is 2. The van der Waals surface area contributed by atoms with Gasteiger partial charge in [0, 0.05) is 5.54 Å². The third-order valence-corrected chi connectivity index (χ3v) is 4.60. The third-order valence-electron chi connectivity index (χ3n) is 3.74. The van der Waals surface area contributed by atoms with Gasteiger partial charge in [0.15, 0.2) is 0 Å². The molecule has 96 valence electrons. The second-order valence-corrected chi connectivity index (χ2v) is 6.19. The Hall–Kier alpha value is -1.20. The van der Waals surface area contributed by atoms with E-state index in [1.165, 1.54) is 12.8 Å². The van der Waals surface area contributed by atoms with E-state index in [1.54, 1.807) is 11.3 Å². The number of thiophene rings is 1. The van der Waals surface area contributed by atoms with Crippen LogP contribution < -0.4 is 5.73 Å². The molecule has 5 heteroatoms. The molecule has 4 nitrogen and oxygen atoms in total. The molecule has 2 unspecified atom stereocenters. The van der Waals surface area contributed by atoms with Gasteiger partial charge in [-0.25, -0.2) is 0 Å². The summed E-state index contributed by atoms with van der Waals surface area (Å²) in [7, 11) is 0. The number of hydrogen-bond donors (Lipinski definition) is 1. The van der Waals surface area contributed by atoms with Gasteiger partial charge < -0.3 is 10.3 Å². The Morgan fingerprint density at radius 1 is 1.50 bits per heavy atom. The highest BCUT2D eigenvalue weighted by Crippen LogP contribution is 2.39. The maximum atomic E-state index is 6.36. The fourth-order valence-electron chi connectivity index (χ4n) is 2.65. The van der Waals surface area contributed by atoms with E-state index in [4.69, 9.17) is 10.3 Å². The SMILES string of the molecule is CC1(N)CCCCC1c1nc(-c2cccs2)no1. The standard InChI is InChI=1S/C13H17N3OS/c1-13(14)7-3-2-5-9(13)12-15-11(16-17-12)10-6-4-8-18-10/h4,6,8-9H,2-3,5,7,14H2,1H3. The molecule has 3 rings (SSSR count). The predicted molar refractivity (Wildman–Crippen MR) is 71.4 cm³/mol. The van der Waals surface area contributed by atoms with Gasteiger partial charge in [-0.3, -0.25) is 0 Å². The molecule has 2 N–H and O–H groups in total. The summed E-state index contributed by atoms with van der Waals surface area (Å²) in [6.07, 6.45) is 4.44. The van der Waals surface area contributed by atoms with Gasteiger partial charge in [0.1, 0.15) is 0 Å². The van der Waals surface area contributed by atoms with E-state index in [0.29, 0.717) is 11.7 Å². The van der Waals surface area contributed by atoms with Gasteiger partial charge in [-0.1, -0.05) is 24.1 Å². The molecular formula is C13H17N3OS. The molecule has 0 aromatic carbocycles. The van der Waals surface area contributed by atoms with Gasteiger partial charge in [0.05, 0.1) is 10.8 Å². The number of aromatic nitrogens is 2. The average Bonchev–Trinajstić information content (AvgIpc) is 2.99. The zero-order valence-corrected chi connectivity index (χ0v) is 11.2. The van der Waals surface area contributed by atoms with Crippen molar-refractivity contribution < 1.29 is 4.52 Å². The molecule has 2 heterocycles. The molecule has 0 spiro atoms. The lowest BCUT2D eigenvalue weighted by molar-refractivity contribution is 0.223. The Labute approximate surface area is 110 Å². The second-order valence-electron chi connectivity index (χ2n) is 5.24. The summed E-state index contributed by atoms with van der Waals surface area (Å²) in [5, 5.41) is 6.08. The predicted octanol–water partition coefficient (Wildman–Crippen LogP) is 3.17. The van der Waals surface area contributed by atoms with Crippen molar-refractivity contribution in [1.82, 2.24) is 10.1 Å². The van der Waals surface area contributed by atoms with Crippen LogP contribution in [0.1, 0.15) is 44.4 Å². The van der Waals surface area contributed by atoms with Crippen molar-refractivity contribution >= 4 is 11.3 Å². The normalized spacial score (nSPS) is 28.4. The van der Waals surface area contributed by atoms with Crippen LogP contribution in [0.3, 0.4) is 0 Å². The van der Waals surface area contributed by atoms with E-state index in [-0.39, 0.29) is 11.5 Å². The van der Waals surface area contributed by atoms with Crippen LogP contribution in [0.2, 0.25) is 0 Å². The molecule has 2 aromatic heterocycles. The Balaban J connectivity index is 1.89. The summed E-state index contributed by atoms with van der Waals surface area (Å²) >= 11 is 1.62. The third kappa shape index (κ3) is 2.08. The summed E-state index contributed by atoms with van der Waals surface area (Å²) in [5.74, 6) is 1.57. The molecule has 2 atom stereocenters. The highest BCUT2D eigenvalue weighted by Gasteiger charge is 2.37. The lowest BCUT2D eigenvalue weighted by atomic mass is 9.74. The zero-order valence-electron chi connectivity index (χ0n) is 10.4. The van der Waals surface area contributed by atoms with Gasteiger partial charge in [0.2, 0.25) is 11.7 Å². The second kappa shape index (κ2) is 4.48. The maximum Gasteiger partial charge on any atom is 0.231 e. The van der Waals surface area contributed by atoms with Crippen molar-refractivity contribution in [3.8, 4) is 10.7 Å². The first-order chi connectivity index (χ1) is 8.67. The van der Waals surface area contributed by atoms with Gasteiger partial charge >= 0.3 is 0 Å². The largest absolute Gasteiger partial charge is 0.339 e. The first-order valence-corrected chi connectivity index (χ1v) is 7.21. The zero-order chi connectivity index (χ0) is 12.6. The molecule has 1 saturated carbocycles. The minimum atomic E-state index is -0.225. The van der Waals surface area contributed by atoms with E-state index in [1.807, 2.05) is 17.5 Å². The van der Waals surface area contributed by atoms with Crippen LogP contribution in [0.5, 0.6) is 0 Å². The Bertz CT molecular complexity index is 518. The number of nitrogens with zero attached hydrogens (tertiary/aromatic N) is 2. The first-order valence-electron chi connectivity index (χ1n) is 6.33.